The minimum Gasteiger partial charge on any atom is -0.492 e. The molecule has 0 atom stereocenters. The maximum atomic E-state index is 5.80. The third-order valence-electron chi connectivity index (χ3n) is 2.40. The minimum atomic E-state index is 0.594. The summed E-state index contributed by atoms with van der Waals surface area (Å²) in [5.74, 6) is 1.38. The molecule has 0 aliphatic rings. The van der Waals surface area contributed by atoms with Gasteiger partial charge in [-0.2, -0.15) is 4.98 Å². The Morgan fingerprint density at radius 1 is 1.44 bits per heavy atom. The monoisotopic (exact) mass is 248 g/mol. The molecule has 2 aromatic rings. The highest BCUT2D eigenvalue weighted by molar-refractivity contribution is 5.61. The predicted octanol–water partition coefficient (Wildman–Crippen LogP) is 1.71. The van der Waals surface area contributed by atoms with Gasteiger partial charge in [0.05, 0.1) is 12.3 Å². The fourth-order valence-corrected chi connectivity index (χ4v) is 1.55. The Bertz CT molecular complexity index is 485. The number of hydrogen-bond donors (Lipinski definition) is 2. The fraction of sp³-hybridized carbons (Fsp3) is 0.333. The summed E-state index contributed by atoms with van der Waals surface area (Å²) in [4.78, 5) is 3.95. The number of nitrogens with zero attached hydrogens (tertiary/aromatic N) is 2. The molecular weight excluding hydrogens is 232 g/mol. The summed E-state index contributed by atoms with van der Waals surface area (Å²) in [6.07, 6.45) is 2.02. The summed E-state index contributed by atoms with van der Waals surface area (Å²) in [7, 11) is 0. The molecule has 0 saturated carbocycles. The van der Waals surface area contributed by atoms with Gasteiger partial charge >= 0.3 is 0 Å². The van der Waals surface area contributed by atoms with Gasteiger partial charge in [-0.05, 0) is 19.1 Å². The highest BCUT2D eigenvalue weighted by Gasteiger charge is 2.02. The van der Waals surface area contributed by atoms with Gasteiger partial charge in [0.25, 0.3) is 0 Å². The van der Waals surface area contributed by atoms with Gasteiger partial charge in [-0.15, -0.1) is 0 Å². The van der Waals surface area contributed by atoms with Crippen LogP contribution >= 0.6 is 0 Å². The zero-order chi connectivity index (χ0) is 12.8. The largest absolute Gasteiger partial charge is 0.492 e. The van der Waals surface area contributed by atoms with Gasteiger partial charge in [0.1, 0.15) is 5.75 Å². The number of nitrogen functional groups attached to an aromatic ring is 1. The van der Waals surface area contributed by atoms with E-state index in [1.54, 1.807) is 0 Å². The third-order valence-corrected chi connectivity index (χ3v) is 2.40. The molecule has 0 spiro atoms. The average molecular weight is 248 g/mol. The van der Waals surface area contributed by atoms with E-state index in [1.165, 1.54) is 6.39 Å². The summed E-state index contributed by atoms with van der Waals surface area (Å²) in [6, 6.07) is 5.62. The topological polar surface area (TPSA) is 86.2 Å². The predicted molar refractivity (Wildman–Crippen MR) is 68.5 cm³/mol. The van der Waals surface area contributed by atoms with Crippen LogP contribution in [0.2, 0.25) is 0 Å². The SMILES string of the molecule is CCOc1cc(NCCc2ncon2)ccc1N. The second-order valence-corrected chi connectivity index (χ2v) is 3.71. The second-order valence-electron chi connectivity index (χ2n) is 3.71. The van der Waals surface area contributed by atoms with Crippen molar-refractivity contribution < 1.29 is 9.26 Å². The lowest BCUT2D eigenvalue weighted by atomic mass is 10.2. The molecule has 0 fully saturated rings. The minimum absolute atomic E-state index is 0.594. The van der Waals surface area contributed by atoms with Crippen molar-refractivity contribution in [3.8, 4) is 5.75 Å². The fourth-order valence-electron chi connectivity index (χ4n) is 1.55. The van der Waals surface area contributed by atoms with E-state index in [-0.39, 0.29) is 0 Å². The van der Waals surface area contributed by atoms with Crippen LogP contribution in [0, 0.1) is 0 Å². The second kappa shape index (κ2) is 5.90. The third kappa shape index (κ3) is 3.13. The number of rotatable bonds is 6. The number of nitrogens with one attached hydrogen (secondary N) is 1. The number of nitrogens with two attached hydrogens (primary N) is 1. The Morgan fingerprint density at radius 3 is 3.06 bits per heavy atom. The first-order valence-corrected chi connectivity index (χ1v) is 5.81. The summed E-state index contributed by atoms with van der Waals surface area (Å²) in [6.45, 7) is 3.24. The molecule has 2 rings (SSSR count). The Hall–Kier alpha value is -2.24. The van der Waals surface area contributed by atoms with Gasteiger partial charge in [0.15, 0.2) is 5.82 Å². The highest BCUT2D eigenvalue weighted by Crippen LogP contribution is 2.25. The maximum absolute atomic E-state index is 5.80. The summed E-state index contributed by atoms with van der Waals surface area (Å²) < 4.78 is 10.1. The number of anilines is 2. The Balaban J connectivity index is 1.90. The Kier molecular flexibility index (Phi) is 4.01. The molecule has 18 heavy (non-hydrogen) atoms. The molecule has 0 aliphatic carbocycles. The van der Waals surface area contributed by atoms with Crippen molar-refractivity contribution in [3.63, 3.8) is 0 Å². The van der Waals surface area contributed by atoms with Crippen molar-refractivity contribution in [2.75, 3.05) is 24.2 Å². The van der Waals surface area contributed by atoms with Crippen molar-refractivity contribution in [3.05, 3.63) is 30.4 Å². The quantitative estimate of drug-likeness (QED) is 0.757. The van der Waals surface area contributed by atoms with Gasteiger partial charge < -0.3 is 20.3 Å². The lowest BCUT2D eigenvalue weighted by molar-refractivity contribution is 0.342. The molecule has 0 aliphatic heterocycles. The lowest BCUT2D eigenvalue weighted by Crippen LogP contribution is -2.06. The first kappa shape index (κ1) is 12.2. The summed E-state index contributed by atoms with van der Waals surface area (Å²) in [5, 5.41) is 6.99. The zero-order valence-electron chi connectivity index (χ0n) is 10.2. The molecule has 0 unspecified atom stereocenters. The molecule has 0 saturated heterocycles. The smallest absolute Gasteiger partial charge is 0.213 e. The molecule has 0 bridgehead atoms. The van der Waals surface area contributed by atoms with Crippen molar-refractivity contribution in [1.82, 2.24) is 10.1 Å². The standard InChI is InChI=1S/C12H16N4O2/c1-2-17-11-7-9(3-4-10(11)13)14-6-5-12-15-8-18-16-12/h3-4,7-8,14H,2,5-6,13H2,1H3. The van der Waals surface area contributed by atoms with E-state index in [2.05, 4.69) is 20.0 Å². The van der Waals surface area contributed by atoms with Gasteiger partial charge in [0.2, 0.25) is 6.39 Å². The van der Waals surface area contributed by atoms with Crippen LogP contribution in [0.15, 0.2) is 29.1 Å². The summed E-state index contributed by atoms with van der Waals surface area (Å²) >= 11 is 0. The van der Waals surface area contributed by atoms with Gasteiger partial charge in [0, 0.05) is 24.7 Å². The molecule has 96 valence electrons. The first-order chi connectivity index (χ1) is 8.79. The first-order valence-electron chi connectivity index (χ1n) is 5.81. The van der Waals surface area contributed by atoms with Crippen LogP contribution in [0.3, 0.4) is 0 Å². The molecule has 6 heteroatoms. The van der Waals surface area contributed by atoms with E-state index >= 15 is 0 Å². The molecule has 0 radical (unpaired) electrons. The van der Waals surface area contributed by atoms with Crippen molar-refractivity contribution in [2.24, 2.45) is 0 Å². The van der Waals surface area contributed by atoms with Crippen molar-refractivity contribution in [2.45, 2.75) is 13.3 Å². The molecule has 3 N–H and O–H groups in total. The average Bonchev–Trinajstić information content (AvgIpc) is 2.87. The van der Waals surface area contributed by atoms with Gasteiger partial charge in [-0.25, -0.2) is 0 Å². The van der Waals surface area contributed by atoms with Gasteiger partial charge in [-0.1, -0.05) is 5.16 Å². The van der Waals surface area contributed by atoms with Crippen LogP contribution in [0.5, 0.6) is 5.75 Å². The Labute approximate surface area is 105 Å². The van der Waals surface area contributed by atoms with E-state index in [0.29, 0.717) is 30.3 Å². The van der Waals surface area contributed by atoms with Crippen LogP contribution in [0.4, 0.5) is 11.4 Å². The van der Waals surface area contributed by atoms with Crippen LogP contribution in [0.1, 0.15) is 12.7 Å². The highest BCUT2D eigenvalue weighted by atomic mass is 16.5. The van der Waals surface area contributed by atoms with Crippen LogP contribution in [0.25, 0.3) is 0 Å². The van der Waals surface area contributed by atoms with Crippen LogP contribution in [-0.2, 0) is 6.42 Å². The molecule has 1 heterocycles. The van der Waals surface area contributed by atoms with E-state index in [1.807, 2.05) is 25.1 Å². The van der Waals surface area contributed by atoms with E-state index in [4.69, 9.17) is 10.5 Å². The van der Waals surface area contributed by atoms with Crippen molar-refractivity contribution >= 4 is 11.4 Å². The normalized spacial score (nSPS) is 10.3. The molecule has 1 aromatic heterocycles. The molecular formula is C12H16N4O2. The van der Waals surface area contributed by atoms with Crippen LogP contribution < -0.4 is 15.8 Å². The molecule has 6 nitrogen and oxygen atoms in total. The number of benzene rings is 1. The maximum Gasteiger partial charge on any atom is 0.213 e. The van der Waals surface area contributed by atoms with Crippen LogP contribution in [-0.4, -0.2) is 23.3 Å². The zero-order valence-corrected chi connectivity index (χ0v) is 10.2. The van der Waals surface area contributed by atoms with Crippen molar-refractivity contribution in [1.29, 1.82) is 0 Å². The van der Waals surface area contributed by atoms with Gasteiger partial charge in [-0.3, -0.25) is 0 Å². The molecule has 1 aromatic carbocycles. The molecule has 0 amide bonds. The summed E-state index contributed by atoms with van der Waals surface area (Å²) in [5.41, 5.74) is 7.39. The van der Waals surface area contributed by atoms with E-state index < -0.39 is 0 Å². The number of aromatic nitrogens is 2. The van der Waals surface area contributed by atoms with E-state index in [0.717, 1.165) is 12.2 Å². The van der Waals surface area contributed by atoms with E-state index in [9.17, 15) is 0 Å². The Morgan fingerprint density at radius 2 is 2.33 bits per heavy atom. The number of ether oxygens (including phenoxy) is 1. The lowest BCUT2D eigenvalue weighted by Gasteiger charge is -2.10. The number of hydrogen-bond acceptors (Lipinski definition) is 6.